The predicted octanol–water partition coefficient (Wildman–Crippen LogP) is 2.23. The summed E-state index contributed by atoms with van der Waals surface area (Å²) in [7, 11) is 0. The molecule has 16 heavy (non-hydrogen) atoms. The zero-order chi connectivity index (χ0) is 11.7. The van der Waals surface area contributed by atoms with Crippen LogP contribution in [0.1, 0.15) is 10.6 Å². The van der Waals surface area contributed by atoms with Crippen molar-refractivity contribution in [2.45, 2.75) is 0 Å². The molecule has 2 rings (SSSR count). The Bertz CT molecular complexity index is 555. The summed E-state index contributed by atoms with van der Waals surface area (Å²) in [6, 6.07) is 3.85. The molecule has 82 valence electrons. The van der Waals surface area contributed by atoms with Crippen LogP contribution in [0.3, 0.4) is 0 Å². The highest BCUT2D eigenvalue weighted by molar-refractivity contribution is 6.30. The van der Waals surface area contributed by atoms with Crippen LogP contribution in [0, 0.1) is 5.82 Å². The van der Waals surface area contributed by atoms with Crippen molar-refractivity contribution in [3.05, 3.63) is 34.9 Å². The molecule has 0 unspecified atom stereocenters. The third-order valence-electron chi connectivity index (χ3n) is 1.78. The van der Waals surface area contributed by atoms with Gasteiger partial charge in [0, 0.05) is 5.56 Å². The summed E-state index contributed by atoms with van der Waals surface area (Å²) < 4.78 is 17.7. The van der Waals surface area contributed by atoms with Crippen molar-refractivity contribution >= 4 is 17.6 Å². The van der Waals surface area contributed by atoms with Gasteiger partial charge in [0.05, 0.1) is 5.02 Å². The molecule has 0 aliphatic carbocycles. The van der Waals surface area contributed by atoms with Gasteiger partial charge in [-0.1, -0.05) is 11.6 Å². The number of carbonyl (C=O) groups is 1. The summed E-state index contributed by atoms with van der Waals surface area (Å²) in [6.45, 7) is 0. The minimum atomic E-state index is -1.32. The Balaban J connectivity index is 2.42. The molecule has 1 heterocycles. The average molecular weight is 243 g/mol. The summed E-state index contributed by atoms with van der Waals surface area (Å²) in [5.74, 6) is -2.52. The quantitative estimate of drug-likeness (QED) is 0.874. The van der Waals surface area contributed by atoms with Crippen LogP contribution in [-0.4, -0.2) is 21.2 Å². The number of benzene rings is 1. The number of nitrogens with zero attached hydrogens (tertiary/aromatic N) is 2. The zero-order valence-electron chi connectivity index (χ0n) is 7.65. The van der Waals surface area contributed by atoms with Gasteiger partial charge in [0.25, 0.3) is 11.7 Å². The molecule has 5 nitrogen and oxygen atoms in total. The molecular formula is C9H4ClFN2O3. The van der Waals surface area contributed by atoms with Crippen LogP contribution in [0.2, 0.25) is 5.02 Å². The number of hydrogen-bond acceptors (Lipinski definition) is 4. The number of aromatic nitrogens is 2. The second-order valence-corrected chi connectivity index (χ2v) is 3.26. The number of hydrogen-bond donors (Lipinski definition) is 1. The van der Waals surface area contributed by atoms with E-state index in [1.54, 1.807) is 0 Å². The average Bonchev–Trinajstić information content (AvgIpc) is 2.71. The summed E-state index contributed by atoms with van der Waals surface area (Å²) >= 11 is 5.49. The first-order valence-corrected chi connectivity index (χ1v) is 4.48. The maximum Gasteiger partial charge on any atom is 0.377 e. The molecule has 7 heteroatoms. The molecule has 0 saturated heterocycles. The second-order valence-electron chi connectivity index (χ2n) is 2.86. The van der Waals surface area contributed by atoms with Gasteiger partial charge in [-0.2, -0.15) is 4.98 Å². The smallest absolute Gasteiger partial charge is 0.377 e. The molecule has 0 atom stereocenters. The monoisotopic (exact) mass is 242 g/mol. The van der Waals surface area contributed by atoms with Crippen LogP contribution in [-0.2, 0) is 0 Å². The molecule has 0 bridgehead atoms. The third kappa shape index (κ3) is 1.87. The summed E-state index contributed by atoms with van der Waals surface area (Å²) in [5, 5.41) is 11.7. The van der Waals surface area contributed by atoms with E-state index < -0.39 is 17.6 Å². The molecule has 0 aliphatic heterocycles. The molecule has 1 aromatic heterocycles. The lowest BCUT2D eigenvalue weighted by Gasteiger charge is -1.95. The van der Waals surface area contributed by atoms with Crippen molar-refractivity contribution in [3.8, 4) is 11.5 Å². The van der Waals surface area contributed by atoms with Crippen molar-refractivity contribution in [3.63, 3.8) is 0 Å². The molecule has 0 amide bonds. The molecule has 1 aromatic carbocycles. The molecular weight excluding hydrogens is 239 g/mol. The summed E-state index contributed by atoms with van der Waals surface area (Å²) in [4.78, 5) is 14.1. The number of halogens is 2. The lowest BCUT2D eigenvalue weighted by atomic mass is 10.2. The van der Waals surface area contributed by atoms with Crippen molar-refractivity contribution in [1.29, 1.82) is 0 Å². The van der Waals surface area contributed by atoms with Gasteiger partial charge >= 0.3 is 5.97 Å². The lowest BCUT2D eigenvalue weighted by Crippen LogP contribution is -1.98. The Morgan fingerprint density at radius 3 is 2.81 bits per heavy atom. The largest absolute Gasteiger partial charge is 0.475 e. The van der Waals surface area contributed by atoms with Gasteiger partial charge in [0.15, 0.2) is 0 Å². The number of carboxylic acid groups (broad SMARTS) is 1. The fourth-order valence-corrected chi connectivity index (χ4v) is 1.17. The normalized spacial score (nSPS) is 10.4. The van der Waals surface area contributed by atoms with Crippen molar-refractivity contribution in [2.24, 2.45) is 0 Å². The zero-order valence-corrected chi connectivity index (χ0v) is 8.40. The minimum absolute atomic E-state index is 0.0401. The van der Waals surface area contributed by atoms with Gasteiger partial charge in [-0.25, -0.2) is 9.18 Å². The van der Waals surface area contributed by atoms with Crippen molar-refractivity contribution in [1.82, 2.24) is 10.1 Å². The van der Waals surface area contributed by atoms with E-state index in [2.05, 4.69) is 14.7 Å². The number of carboxylic acids is 1. The minimum Gasteiger partial charge on any atom is -0.475 e. The third-order valence-corrected chi connectivity index (χ3v) is 2.09. The topological polar surface area (TPSA) is 76.2 Å². The van der Waals surface area contributed by atoms with Crippen LogP contribution >= 0.6 is 11.6 Å². The molecule has 0 spiro atoms. The molecule has 1 N–H and O–H groups in total. The van der Waals surface area contributed by atoms with Crippen molar-refractivity contribution in [2.75, 3.05) is 0 Å². The Hall–Kier alpha value is -1.95. The van der Waals surface area contributed by atoms with Gasteiger partial charge in [-0.05, 0) is 23.4 Å². The fraction of sp³-hybridized carbons (Fsp3) is 0. The van der Waals surface area contributed by atoms with Crippen LogP contribution in [0.15, 0.2) is 22.7 Å². The number of rotatable bonds is 2. The maximum atomic E-state index is 13.1. The van der Waals surface area contributed by atoms with E-state index in [9.17, 15) is 9.18 Å². The molecule has 0 fully saturated rings. The Kier molecular flexibility index (Phi) is 2.57. The highest BCUT2D eigenvalue weighted by atomic mass is 35.5. The van der Waals surface area contributed by atoms with Gasteiger partial charge in [0.1, 0.15) is 5.82 Å². The van der Waals surface area contributed by atoms with E-state index >= 15 is 0 Å². The van der Waals surface area contributed by atoms with Crippen LogP contribution in [0.25, 0.3) is 11.5 Å². The fourth-order valence-electron chi connectivity index (χ4n) is 1.06. The van der Waals surface area contributed by atoms with E-state index in [4.69, 9.17) is 16.7 Å². The summed E-state index contributed by atoms with van der Waals surface area (Å²) in [6.07, 6.45) is 0. The molecule has 0 radical (unpaired) electrons. The SMILES string of the molecule is O=C(O)c1noc(-c2ccc(Cl)c(F)c2)n1. The van der Waals surface area contributed by atoms with Crippen LogP contribution < -0.4 is 0 Å². The highest BCUT2D eigenvalue weighted by Crippen LogP contribution is 2.22. The van der Waals surface area contributed by atoms with E-state index in [0.29, 0.717) is 0 Å². The van der Waals surface area contributed by atoms with Crippen LogP contribution in [0.5, 0.6) is 0 Å². The van der Waals surface area contributed by atoms with Crippen molar-refractivity contribution < 1.29 is 18.8 Å². The van der Waals surface area contributed by atoms with Gasteiger partial charge in [-0.15, -0.1) is 0 Å². The van der Waals surface area contributed by atoms with E-state index in [1.807, 2.05) is 0 Å². The van der Waals surface area contributed by atoms with E-state index in [0.717, 1.165) is 6.07 Å². The lowest BCUT2D eigenvalue weighted by molar-refractivity contribution is 0.0680. The predicted molar refractivity (Wildman–Crippen MR) is 51.7 cm³/mol. The Morgan fingerprint density at radius 1 is 1.50 bits per heavy atom. The standard InChI is InChI=1S/C9H4ClFN2O3/c10-5-2-1-4(3-6(5)11)8-12-7(9(14)15)13-16-8/h1-3H,(H,14,15). The second kappa shape index (κ2) is 3.90. The molecule has 0 aliphatic rings. The summed E-state index contributed by atoms with van der Waals surface area (Å²) in [5.41, 5.74) is 0.266. The molecule has 2 aromatic rings. The van der Waals surface area contributed by atoms with Gasteiger partial charge in [-0.3, -0.25) is 0 Å². The number of aromatic carboxylic acids is 1. The first-order valence-electron chi connectivity index (χ1n) is 4.10. The highest BCUT2D eigenvalue weighted by Gasteiger charge is 2.15. The van der Waals surface area contributed by atoms with Gasteiger partial charge < -0.3 is 9.63 Å². The van der Waals surface area contributed by atoms with E-state index in [1.165, 1.54) is 12.1 Å². The first kappa shape index (κ1) is 10.6. The Morgan fingerprint density at radius 2 is 2.25 bits per heavy atom. The Labute approximate surface area is 93.5 Å². The maximum absolute atomic E-state index is 13.1. The van der Waals surface area contributed by atoms with Gasteiger partial charge in [0.2, 0.25) is 0 Å². The molecule has 0 saturated carbocycles. The first-order chi connectivity index (χ1) is 7.58. The van der Waals surface area contributed by atoms with Crippen LogP contribution in [0.4, 0.5) is 4.39 Å². The van der Waals surface area contributed by atoms with E-state index in [-0.39, 0.29) is 16.5 Å².